The van der Waals surface area contributed by atoms with Gasteiger partial charge in [-0.2, -0.15) is 0 Å². The number of carbonyl (C=O) groups excluding carboxylic acids is 2. The first-order chi connectivity index (χ1) is 11.3. The van der Waals surface area contributed by atoms with Gasteiger partial charge in [0.1, 0.15) is 6.54 Å². The molecule has 0 aliphatic carbocycles. The molecule has 2 amide bonds. The number of amides is 2. The lowest BCUT2D eigenvalue weighted by Crippen LogP contribution is -2.37. The third-order valence-corrected chi connectivity index (χ3v) is 4.50. The number of nitrogens with one attached hydrogen (secondary N) is 1. The summed E-state index contributed by atoms with van der Waals surface area (Å²) in [5.74, 6) is -0.463. The van der Waals surface area contributed by atoms with Gasteiger partial charge in [0.25, 0.3) is 0 Å². The van der Waals surface area contributed by atoms with Gasteiger partial charge in [0.2, 0.25) is 11.8 Å². The molecule has 0 bridgehead atoms. The number of hydrogen-bond acceptors (Lipinski definition) is 2. The van der Waals surface area contributed by atoms with Crippen LogP contribution in [0, 0.1) is 20.8 Å². The van der Waals surface area contributed by atoms with Crippen LogP contribution in [0.1, 0.15) is 23.6 Å². The van der Waals surface area contributed by atoms with Crippen LogP contribution in [0.15, 0.2) is 36.4 Å². The van der Waals surface area contributed by atoms with E-state index in [9.17, 15) is 9.59 Å². The van der Waals surface area contributed by atoms with Crippen LogP contribution < -0.4 is 10.2 Å². The first kappa shape index (κ1) is 18.0. The summed E-state index contributed by atoms with van der Waals surface area (Å²) in [4.78, 5) is 25.9. The van der Waals surface area contributed by atoms with Crippen molar-refractivity contribution in [3.8, 4) is 0 Å². The maximum Gasteiger partial charge on any atom is 0.244 e. The summed E-state index contributed by atoms with van der Waals surface area (Å²) in [6.07, 6.45) is 0. The Labute approximate surface area is 147 Å². The maximum absolute atomic E-state index is 12.4. The van der Waals surface area contributed by atoms with Gasteiger partial charge in [-0.15, -0.1) is 0 Å². The maximum atomic E-state index is 12.4. The Kier molecular flexibility index (Phi) is 5.62. The fraction of sp³-hybridized carbons (Fsp3) is 0.263. The number of aryl methyl sites for hydroxylation is 1. The van der Waals surface area contributed by atoms with Crippen LogP contribution in [0.25, 0.3) is 0 Å². The molecule has 0 aromatic heterocycles. The molecule has 0 unspecified atom stereocenters. The van der Waals surface area contributed by atoms with E-state index >= 15 is 0 Å². The van der Waals surface area contributed by atoms with Gasteiger partial charge < -0.3 is 10.2 Å². The van der Waals surface area contributed by atoms with E-state index in [2.05, 4.69) is 5.32 Å². The number of carbonyl (C=O) groups is 2. The van der Waals surface area contributed by atoms with Crippen LogP contribution in [-0.2, 0) is 9.59 Å². The zero-order valence-corrected chi connectivity index (χ0v) is 15.1. The van der Waals surface area contributed by atoms with Crippen molar-refractivity contribution in [3.05, 3.63) is 58.1 Å². The molecule has 2 aromatic rings. The van der Waals surface area contributed by atoms with Crippen LogP contribution in [-0.4, -0.2) is 18.4 Å². The zero-order valence-electron chi connectivity index (χ0n) is 14.3. The van der Waals surface area contributed by atoms with E-state index in [1.54, 1.807) is 18.2 Å². The Bertz CT molecular complexity index is 787. The quantitative estimate of drug-likeness (QED) is 0.901. The molecule has 0 atom stereocenters. The van der Waals surface area contributed by atoms with E-state index in [-0.39, 0.29) is 18.4 Å². The predicted octanol–water partition coefficient (Wildman–Crippen LogP) is 4.26. The molecule has 0 heterocycles. The average molecular weight is 345 g/mol. The summed E-state index contributed by atoms with van der Waals surface area (Å²) >= 11 is 6.13. The van der Waals surface area contributed by atoms with Gasteiger partial charge in [0.15, 0.2) is 0 Å². The molecule has 0 spiro atoms. The molecule has 0 saturated carbocycles. The first-order valence-electron chi connectivity index (χ1n) is 7.70. The Morgan fingerprint density at radius 1 is 1.04 bits per heavy atom. The molecule has 0 radical (unpaired) electrons. The van der Waals surface area contributed by atoms with E-state index in [4.69, 9.17) is 11.6 Å². The largest absolute Gasteiger partial charge is 0.324 e. The molecule has 2 rings (SSSR count). The molecular formula is C19H21ClN2O2. The lowest BCUT2D eigenvalue weighted by molar-refractivity contribution is -0.120. The second-order valence-electron chi connectivity index (χ2n) is 5.78. The van der Waals surface area contributed by atoms with Gasteiger partial charge >= 0.3 is 0 Å². The highest BCUT2D eigenvalue weighted by Crippen LogP contribution is 2.27. The number of nitrogens with zero attached hydrogens (tertiary/aromatic N) is 1. The van der Waals surface area contributed by atoms with E-state index < -0.39 is 0 Å². The summed E-state index contributed by atoms with van der Waals surface area (Å²) in [7, 11) is 0. The summed E-state index contributed by atoms with van der Waals surface area (Å²) in [6.45, 7) is 7.14. The zero-order chi connectivity index (χ0) is 17.9. The standard InChI is InChI=1S/C19H21ClN2O2/c1-12-7-5-9-17(13(12)2)21-19(24)11-22(15(4)23)18-10-6-8-16(20)14(18)3/h5-10H,11H2,1-4H3,(H,21,24). The summed E-state index contributed by atoms with van der Waals surface area (Å²) in [5.41, 5.74) is 4.28. The lowest BCUT2D eigenvalue weighted by Gasteiger charge is -2.23. The number of hydrogen-bond donors (Lipinski definition) is 1. The molecule has 0 fully saturated rings. The normalized spacial score (nSPS) is 10.4. The lowest BCUT2D eigenvalue weighted by atomic mass is 10.1. The van der Waals surface area contributed by atoms with Crippen LogP contribution in [0.4, 0.5) is 11.4 Å². The monoisotopic (exact) mass is 344 g/mol. The van der Waals surface area contributed by atoms with Gasteiger partial charge in [-0.05, 0) is 55.7 Å². The van der Waals surface area contributed by atoms with Gasteiger partial charge in [-0.3, -0.25) is 9.59 Å². The smallest absolute Gasteiger partial charge is 0.244 e. The molecule has 4 nitrogen and oxygen atoms in total. The SMILES string of the molecule is CC(=O)N(CC(=O)Nc1cccc(C)c1C)c1cccc(Cl)c1C. The number of halogens is 1. The van der Waals surface area contributed by atoms with E-state index in [1.807, 2.05) is 39.0 Å². The van der Waals surface area contributed by atoms with Crippen molar-refractivity contribution in [2.24, 2.45) is 0 Å². The Balaban J connectivity index is 2.22. The molecule has 2 aromatic carbocycles. The Morgan fingerprint density at radius 2 is 1.71 bits per heavy atom. The molecule has 1 N–H and O–H groups in total. The van der Waals surface area contributed by atoms with Gasteiger partial charge in [-0.1, -0.05) is 29.8 Å². The molecular weight excluding hydrogens is 324 g/mol. The minimum atomic E-state index is -0.252. The molecule has 24 heavy (non-hydrogen) atoms. The minimum Gasteiger partial charge on any atom is -0.324 e. The molecule has 126 valence electrons. The summed E-state index contributed by atoms with van der Waals surface area (Å²) < 4.78 is 0. The highest BCUT2D eigenvalue weighted by molar-refractivity contribution is 6.31. The van der Waals surface area contributed by atoms with Crippen molar-refractivity contribution < 1.29 is 9.59 Å². The summed E-state index contributed by atoms with van der Waals surface area (Å²) in [5, 5.41) is 3.44. The van der Waals surface area contributed by atoms with Crippen molar-refractivity contribution in [2.75, 3.05) is 16.8 Å². The highest BCUT2D eigenvalue weighted by atomic mass is 35.5. The minimum absolute atomic E-state index is 0.0656. The fourth-order valence-corrected chi connectivity index (χ4v) is 2.64. The van der Waals surface area contributed by atoms with E-state index in [0.717, 1.165) is 22.4 Å². The number of benzene rings is 2. The van der Waals surface area contributed by atoms with Gasteiger partial charge in [0.05, 0.1) is 0 Å². The molecule has 0 aliphatic heterocycles. The summed E-state index contributed by atoms with van der Waals surface area (Å²) in [6, 6.07) is 11.0. The predicted molar refractivity (Wildman–Crippen MR) is 98.8 cm³/mol. The van der Waals surface area contributed by atoms with Crippen molar-refractivity contribution >= 4 is 34.8 Å². The average Bonchev–Trinajstić information content (AvgIpc) is 2.52. The fourth-order valence-electron chi connectivity index (χ4n) is 2.47. The third-order valence-electron chi connectivity index (χ3n) is 4.09. The Morgan fingerprint density at radius 3 is 2.38 bits per heavy atom. The van der Waals surface area contributed by atoms with Crippen LogP contribution in [0.2, 0.25) is 5.02 Å². The van der Waals surface area contributed by atoms with Crippen molar-refractivity contribution in [1.82, 2.24) is 0 Å². The third kappa shape index (κ3) is 3.95. The van der Waals surface area contributed by atoms with Gasteiger partial charge in [0, 0.05) is 23.3 Å². The molecule has 0 saturated heterocycles. The van der Waals surface area contributed by atoms with E-state index in [1.165, 1.54) is 11.8 Å². The molecule has 0 aliphatic rings. The van der Waals surface area contributed by atoms with Crippen LogP contribution in [0.5, 0.6) is 0 Å². The number of rotatable bonds is 4. The van der Waals surface area contributed by atoms with E-state index in [0.29, 0.717) is 10.7 Å². The first-order valence-corrected chi connectivity index (χ1v) is 8.08. The second-order valence-corrected chi connectivity index (χ2v) is 6.19. The van der Waals surface area contributed by atoms with Crippen molar-refractivity contribution in [3.63, 3.8) is 0 Å². The van der Waals surface area contributed by atoms with Gasteiger partial charge in [-0.25, -0.2) is 0 Å². The highest BCUT2D eigenvalue weighted by Gasteiger charge is 2.19. The van der Waals surface area contributed by atoms with Crippen LogP contribution in [0.3, 0.4) is 0 Å². The second kappa shape index (κ2) is 7.49. The topological polar surface area (TPSA) is 49.4 Å². The van der Waals surface area contributed by atoms with Crippen LogP contribution >= 0.6 is 11.6 Å². The molecule has 5 heteroatoms. The Hall–Kier alpha value is -2.33. The number of anilines is 2. The van der Waals surface area contributed by atoms with Crippen molar-refractivity contribution in [1.29, 1.82) is 0 Å². The van der Waals surface area contributed by atoms with Crippen molar-refractivity contribution in [2.45, 2.75) is 27.7 Å².